The molecule has 0 radical (unpaired) electrons. The lowest BCUT2D eigenvalue weighted by Gasteiger charge is -2.19. The molecule has 0 saturated heterocycles. The molecule has 1 atom stereocenters. The zero-order chi connectivity index (χ0) is 24.4. The average Bonchev–Trinajstić information content (AvgIpc) is 3.54. The molecule has 0 saturated carbocycles. The van der Waals surface area contributed by atoms with Gasteiger partial charge in [-0.25, -0.2) is 9.97 Å². The number of aliphatic hydroxyl groups is 1. The van der Waals surface area contributed by atoms with Gasteiger partial charge in [-0.1, -0.05) is 12.1 Å². The molecule has 4 N–H and O–H groups in total. The number of H-pyrrole nitrogens is 2. The second-order valence-corrected chi connectivity index (χ2v) is 8.39. The molecule has 35 heavy (non-hydrogen) atoms. The first-order chi connectivity index (χ1) is 17.1. The number of methoxy groups -OCH3 is 1. The highest BCUT2D eigenvalue weighted by Gasteiger charge is 2.18. The van der Waals surface area contributed by atoms with Gasteiger partial charge in [0.15, 0.2) is 0 Å². The van der Waals surface area contributed by atoms with Crippen LogP contribution in [0.25, 0.3) is 28.1 Å². The van der Waals surface area contributed by atoms with Crippen LogP contribution >= 0.6 is 0 Å². The van der Waals surface area contributed by atoms with Crippen LogP contribution in [0.2, 0.25) is 0 Å². The number of hydrogen-bond acceptors (Lipinski definition) is 6. The predicted octanol–water partition coefficient (Wildman–Crippen LogP) is 3.44. The van der Waals surface area contributed by atoms with E-state index in [-0.39, 0.29) is 18.2 Å². The van der Waals surface area contributed by atoms with Gasteiger partial charge in [-0.15, -0.1) is 0 Å². The van der Waals surface area contributed by atoms with E-state index in [0.717, 1.165) is 33.6 Å². The Bertz CT molecular complexity index is 1520. The summed E-state index contributed by atoms with van der Waals surface area (Å²) in [4.78, 5) is 27.8. The van der Waals surface area contributed by atoms with Gasteiger partial charge in [0.2, 0.25) is 0 Å². The van der Waals surface area contributed by atoms with Gasteiger partial charge in [-0.2, -0.15) is 0 Å². The molecule has 0 aliphatic heterocycles. The van der Waals surface area contributed by atoms with Gasteiger partial charge in [0, 0.05) is 24.3 Å². The van der Waals surface area contributed by atoms with Crippen LogP contribution in [0.1, 0.15) is 11.1 Å². The molecule has 9 heteroatoms. The van der Waals surface area contributed by atoms with Crippen molar-refractivity contribution in [2.75, 3.05) is 19.0 Å². The average molecular weight is 471 g/mol. The van der Waals surface area contributed by atoms with E-state index < -0.39 is 0 Å². The van der Waals surface area contributed by atoms with Crippen LogP contribution in [0.3, 0.4) is 0 Å². The number of anilines is 1. The van der Waals surface area contributed by atoms with Crippen molar-refractivity contribution in [2.24, 2.45) is 0 Å². The molecule has 0 aliphatic rings. The Labute approximate surface area is 201 Å². The van der Waals surface area contributed by atoms with Crippen LogP contribution < -0.4 is 15.6 Å². The van der Waals surface area contributed by atoms with E-state index in [9.17, 15) is 9.90 Å². The highest BCUT2D eigenvalue weighted by atomic mass is 16.5. The number of nitrogens with one attached hydrogen (secondary N) is 3. The van der Waals surface area contributed by atoms with Gasteiger partial charge < -0.3 is 29.7 Å². The van der Waals surface area contributed by atoms with Crippen molar-refractivity contribution in [3.63, 3.8) is 0 Å². The molecule has 5 rings (SSSR count). The number of aromatic amines is 2. The van der Waals surface area contributed by atoms with Gasteiger partial charge in [0.1, 0.15) is 17.1 Å². The number of pyridine rings is 1. The Kier molecular flexibility index (Phi) is 6.07. The normalized spacial score (nSPS) is 12.1. The maximum absolute atomic E-state index is 12.9. The van der Waals surface area contributed by atoms with Gasteiger partial charge in [-0.3, -0.25) is 4.79 Å². The SMILES string of the molecule is COc1cccc(CC(CO)Nc2cc[nH]c(=O)c2-c2nc3c(C)cc(-n4ccnc4)cc3[nH]2)c1. The third-order valence-corrected chi connectivity index (χ3v) is 5.96. The van der Waals surface area contributed by atoms with Crippen LogP contribution in [0.5, 0.6) is 5.75 Å². The first-order valence-electron chi connectivity index (χ1n) is 11.3. The lowest BCUT2D eigenvalue weighted by atomic mass is 10.1. The minimum atomic E-state index is -0.318. The van der Waals surface area contributed by atoms with E-state index in [1.807, 2.05) is 54.1 Å². The molecule has 0 fully saturated rings. The number of aliphatic hydroxyl groups excluding tert-OH is 1. The first kappa shape index (κ1) is 22.4. The number of benzene rings is 2. The highest BCUT2D eigenvalue weighted by Crippen LogP contribution is 2.28. The number of fused-ring (bicyclic) bond motifs is 1. The zero-order valence-electron chi connectivity index (χ0n) is 19.4. The van der Waals surface area contributed by atoms with Crippen molar-refractivity contribution in [3.8, 4) is 22.8 Å². The minimum Gasteiger partial charge on any atom is -0.497 e. The Balaban J connectivity index is 1.50. The molecular weight excluding hydrogens is 444 g/mol. The van der Waals surface area contributed by atoms with Gasteiger partial charge in [0.25, 0.3) is 5.56 Å². The summed E-state index contributed by atoms with van der Waals surface area (Å²) in [7, 11) is 1.62. The summed E-state index contributed by atoms with van der Waals surface area (Å²) in [6, 6.07) is 13.2. The van der Waals surface area contributed by atoms with Crippen LogP contribution in [0.4, 0.5) is 5.69 Å². The molecule has 0 bridgehead atoms. The van der Waals surface area contributed by atoms with E-state index in [1.165, 1.54) is 0 Å². The van der Waals surface area contributed by atoms with Crippen molar-refractivity contribution in [1.29, 1.82) is 0 Å². The molecule has 3 heterocycles. The van der Waals surface area contributed by atoms with E-state index in [1.54, 1.807) is 31.9 Å². The number of nitrogens with zero attached hydrogens (tertiary/aromatic N) is 3. The smallest absolute Gasteiger partial charge is 0.261 e. The molecule has 1 unspecified atom stereocenters. The maximum Gasteiger partial charge on any atom is 0.261 e. The predicted molar refractivity (Wildman–Crippen MR) is 135 cm³/mol. The molecule has 3 aromatic heterocycles. The maximum atomic E-state index is 12.9. The van der Waals surface area contributed by atoms with Crippen LogP contribution in [0.15, 0.2) is 72.2 Å². The fourth-order valence-electron chi connectivity index (χ4n) is 4.25. The summed E-state index contributed by atoms with van der Waals surface area (Å²) in [5.74, 6) is 1.21. The van der Waals surface area contributed by atoms with Gasteiger partial charge in [-0.05, 0) is 54.8 Å². The quantitative estimate of drug-likeness (QED) is 0.276. The summed E-state index contributed by atoms with van der Waals surface area (Å²) >= 11 is 0. The third-order valence-electron chi connectivity index (χ3n) is 5.96. The van der Waals surface area contributed by atoms with Crippen molar-refractivity contribution in [1.82, 2.24) is 24.5 Å². The number of hydrogen-bond donors (Lipinski definition) is 4. The summed E-state index contributed by atoms with van der Waals surface area (Å²) in [5.41, 5.74) is 5.22. The van der Waals surface area contributed by atoms with Crippen molar-refractivity contribution >= 4 is 16.7 Å². The van der Waals surface area contributed by atoms with Crippen molar-refractivity contribution < 1.29 is 9.84 Å². The Morgan fingerprint density at radius 3 is 2.89 bits per heavy atom. The summed E-state index contributed by atoms with van der Waals surface area (Å²) in [5, 5.41) is 13.4. The van der Waals surface area contributed by atoms with E-state index in [4.69, 9.17) is 9.72 Å². The second-order valence-electron chi connectivity index (χ2n) is 8.39. The summed E-state index contributed by atoms with van der Waals surface area (Å²) in [6.45, 7) is 1.87. The fourth-order valence-corrected chi connectivity index (χ4v) is 4.25. The Morgan fingerprint density at radius 2 is 2.11 bits per heavy atom. The van der Waals surface area contributed by atoms with Crippen LogP contribution in [-0.2, 0) is 6.42 Å². The van der Waals surface area contributed by atoms with Gasteiger partial charge in [0.05, 0.1) is 42.8 Å². The number of imidazole rings is 2. The Hall–Kier alpha value is -4.37. The standard InChI is InChI=1S/C26H26N6O3/c1-16-10-19(32-9-8-27-15-32)13-22-24(16)31-25(30-22)23-21(6-7-28-26(23)34)29-18(14-33)11-17-4-3-5-20(12-17)35-2/h3-10,12-13,15,18,33H,11,14H2,1-2H3,(H,30,31)(H2,28,29,34). The second kappa shape index (κ2) is 9.47. The fraction of sp³-hybridized carbons (Fsp3) is 0.192. The summed E-state index contributed by atoms with van der Waals surface area (Å²) < 4.78 is 7.22. The largest absolute Gasteiger partial charge is 0.497 e. The molecule has 0 amide bonds. The Morgan fingerprint density at radius 1 is 1.23 bits per heavy atom. The lowest BCUT2D eigenvalue weighted by Crippen LogP contribution is -2.28. The number of aryl methyl sites for hydroxylation is 1. The molecule has 0 spiro atoms. The monoisotopic (exact) mass is 470 g/mol. The number of aromatic nitrogens is 5. The van der Waals surface area contributed by atoms with E-state index >= 15 is 0 Å². The number of rotatable bonds is 8. The molecule has 178 valence electrons. The highest BCUT2D eigenvalue weighted by molar-refractivity contribution is 5.86. The lowest BCUT2D eigenvalue weighted by molar-refractivity contribution is 0.273. The van der Waals surface area contributed by atoms with Crippen molar-refractivity contribution in [2.45, 2.75) is 19.4 Å². The van der Waals surface area contributed by atoms with Crippen LogP contribution in [0, 0.1) is 6.92 Å². The van der Waals surface area contributed by atoms with E-state index in [0.29, 0.717) is 23.5 Å². The van der Waals surface area contributed by atoms with E-state index in [2.05, 4.69) is 20.3 Å². The van der Waals surface area contributed by atoms with Gasteiger partial charge >= 0.3 is 0 Å². The first-order valence-corrected chi connectivity index (χ1v) is 11.3. The molecule has 5 aromatic rings. The third kappa shape index (κ3) is 4.53. The molecule has 9 nitrogen and oxygen atoms in total. The van der Waals surface area contributed by atoms with Crippen molar-refractivity contribution in [3.05, 3.63) is 88.9 Å². The molecular formula is C26H26N6O3. The number of ether oxygens (including phenoxy) is 1. The topological polar surface area (TPSA) is 121 Å². The zero-order valence-corrected chi connectivity index (χ0v) is 19.4. The molecule has 0 aliphatic carbocycles. The van der Waals surface area contributed by atoms with Crippen LogP contribution in [-0.4, -0.2) is 49.4 Å². The minimum absolute atomic E-state index is 0.114. The molecule has 2 aromatic carbocycles. The summed E-state index contributed by atoms with van der Waals surface area (Å²) in [6.07, 6.45) is 7.47.